The van der Waals surface area contributed by atoms with Gasteiger partial charge in [-0.2, -0.15) is 0 Å². The zero-order valence-corrected chi connectivity index (χ0v) is 27.1. The van der Waals surface area contributed by atoms with E-state index in [0.29, 0.717) is 18.4 Å². The molecule has 1 saturated heterocycles. The average molecular weight is 661 g/mol. The first kappa shape index (κ1) is 38.3. The van der Waals surface area contributed by atoms with Gasteiger partial charge in [0.05, 0.1) is 13.0 Å². The molecule has 11 N–H and O–H groups in total. The van der Waals surface area contributed by atoms with Crippen LogP contribution in [0.25, 0.3) is 0 Å². The van der Waals surface area contributed by atoms with E-state index in [2.05, 4.69) is 52.7 Å². The van der Waals surface area contributed by atoms with Crippen molar-refractivity contribution >= 4 is 41.5 Å². The lowest BCUT2D eigenvalue weighted by Gasteiger charge is -2.26. The van der Waals surface area contributed by atoms with Crippen molar-refractivity contribution in [1.29, 1.82) is 5.41 Å². The molecule has 47 heavy (non-hydrogen) atoms. The van der Waals surface area contributed by atoms with E-state index in [0.717, 1.165) is 12.8 Å². The zero-order valence-electron chi connectivity index (χ0n) is 27.1. The van der Waals surface area contributed by atoms with Gasteiger partial charge in [0.25, 0.3) is 0 Å². The standard InChI is InChI=1S/C31H48N8O8/c1-31(2,3)13-5-4-7-21-27(45)37-20(8-6-14-34-30(32)33)26(44)35-17-24(41)36-23(16-25(42)43)29(47)39-22(28(46)38-21)15-18-9-11-19(40)12-10-18/h9-12,20-23,40H,4-8,13-17H2,1-3H3,(H,35,44)(H,36,41)(H,37,45)(H,38,46)(H,39,47)(H,42,43)(H4,32,33,34)/t20-,21-,22+,23-/m0/s1. The summed E-state index contributed by atoms with van der Waals surface area (Å²) in [6, 6.07) is 0.757. The number of amides is 5. The Labute approximate surface area is 273 Å². The van der Waals surface area contributed by atoms with Gasteiger partial charge in [0, 0.05) is 13.0 Å². The molecule has 260 valence electrons. The molecular weight excluding hydrogens is 612 g/mol. The third-order valence-corrected chi connectivity index (χ3v) is 7.38. The summed E-state index contributed by atoms with van der Waals surface area (Å²) in [5.41, 5.74) is 5.91. The highest BCUT2D eigenvalue weighted by Crippen LogP contribution is 2.22. The minimum absolute atomic E-state index is 0.0182. The average Bonchev–Trinajstić information content (AvgIpc) is 2.97. The first-order chi connectivity index (χ1) is 22.0. The number of hydrogen-bond donors (Lipinski definition) is 10. The van der Waals surface area contributed by atoms with Crippen molar-refractivity contribution in [3.63, 3.8) is 0 Å². The fraction of sp³-hybridized carbons (Fsp3) is 0.581. The molecule has 16 heteroatoms. The Bertz CT molecular complexity index is 1280. The Morgan fingerprint density at radius 1 is 0.851 bits per heavy atom. The van der Waals surface area contributed by atoms with Crippen molar-refractivity contribution in [1.82, 2.24) is 31.9 Å². The van der Waals surface area contributed by atoms with E-state index in [1.54, 1.807) is 12.1 Å². The number of nitrogens with two attached hydrogens (primary N) is 1. The highest BCUT2D eigenvalue weighted by atomic mass is 16.4. The van der Waals surface area contributed by atoms with Crippen molar-refractivity contribution in [3.05, 3.63) is 29.8 Å². The minimum Gasteiger partial charge on any atom is -0.508 e. The summed E-state index contributed by atoms with van der Waals surface area (Å²) in [4.78, 5) is 78.1. The van der Waals surface area contributed by atoms with Crippen LogP contribution in [-0.4, -0.2) is 88.9 Å². The molecule has 1 aliphatic heterocycles. The summed E-state index contributed by atoms with van der Waals surface area (Å²) in [5.74, 6) is -5.61. The molecule has 0 radical (unpaired) electrons. The van der Waals surface area contributed by atoms with Crippen LogP contribution < -0.4 is 37.6 Å². The van der Waals surface area contributed by atoms with Crippen LogP contribution in [0.4, 0.5) is 0 Å². The predicted octanol–water partition coefficient (Wildman–Crippen LogP) is -0.652. The topological polar surface area (TPSA) is 265 Å². The van der Waals surface area contributed by atoms with Crippen LogP contribution in [-0.2, 0) is 35.2 Å². The normalized spacial score (nSPS) is 21.6. The molecule has 1 fully saturated rings. The van der Waals surface area contributed by atoms with Gasteiger partial charge in [0.15, 0.2) is 5.96 Å². The zero-order chi connectivity index (χ0) is 35.1. The number of carbonyl (C=O) groups excluding carboxylic acids is 5. The van der Waals surface area contributed by atoms with Crippen LogP contribution in [0.5, 0.6) is 5.75 Å². The predicted molar refractivity (Wildman–Crippen MR) is 172 cm³/mol. The number of benzene rings is 1. The summed E-state index contributed by atoms with van der Waals surface area (Å²) in [5, 5.41) is 41.6. The van der Waals surface area contributed by atoms with E-state index >= 15 is 0 Å². The number of phenolic OH excluding ortho intramolecular Hbond substituents is 1. The molecule has 1 aromatic carbocycles. The van der Waals surface area contributed by atoms with Crippen LogP contribution in [0.3, 0.4) is 0 Å². The monoisotopic (exact) mass is 660 g/mol. The van der Waals surface area contributed by atoms with E-state index in [1.165, 1.54) is 12.1 Å². The molecule has 1 aliphatic rings. The molecule has 2 rings (SSSR count). The van der Waals surface area contributed by atoms with Gasteiger partial charge < -0.3 is 47.8 Å². The second kappa shape index (κ2) is 18.3. The Morgan fingerprint density at radius 3 is 2.00 bits per heavy atom. The number of guanidine groups is 1. The van der Waals surface area contributed by atoms with E-state index < -0.39 is 72.6 Å². The minimum atomic E-state index is -1.58. The first-order valence-corrected chi connectivity index (χ1v) is 15.6. The van der Waals surface area contributed by atoms with Gasteiger partial charge in [0.2, 0.25) is 29.5 Å². The van der Waals surface area contributed by atoms with Gasteiger partial charge in [-0.3, -0.25) is 34.2 Å². The first-order valence-electron chi connectivity index (χ1n) is 15.6. The van der Waals surface area contributed by atoms with E-state index in [4.69, 9.17) is 11.1 Å². The maximum atomic E-state index is 13.8. The summed E-state index contributed by atoms with van der Waals surface area (Å²) < 4.78 is 0. The lowest BCUT2D eigenvalue weighted by atomic mass is 9.89. The van der Waals surface area contributed by atoms with Gasteiger partial charge >= 0.3 is 5.97 Å². The number of unbranched alkanes of at least 4 members (excludes halogenated alkanes) is 1. The van der Waals surface area contributed by atoms with E-state index in [-0.39, 0.29) is 42.9 Å². The van der Waals surface area contributed by atoms with E-state index in [9.17, 15) is 39.0 Å². The van der Waals surface area contributed by atoms with Crippen molar-refractivity contribution in [2.75, 3.05) is 13.1 Å². The third-order valence-electron chi connectivity index (χ3n) is 7.38. The van der Waals surface area contributed by atoms with Crippen molar-refractivity contribution in [3.8, 4) is 5.75 Å². The SMILES string of the molecule is CC(C)(C)CCCC[C@@H]1NC(=O)[C@@H](Cc2ccc(O)cc2)NC(=O)[C@H](CC(=O)O)NC(=O)CNC(=O)[C@H](CCCNC(=N)N)NC1=O. The van der Waals surface area contributed by atoms with Crippen molar-refractivity contribution in [2.45, 2.75) is 96.3 Å². The molecular formula is C31H48N8O8. The second-order valence-electron chi connectivity index (χ2n) is 12.8. The Hall–Kier alpha value is -4.89. The number of carboxylic acid groups (broad SMARTS) is 1. The van der Waals surface area contributed by atoms with Gasteiger partial charge in [-0.1, -0.05) is 45.7 Å². The van der Waals surface area contributed by atoms with Crippen LogP contribution >= 0.6 is 0 Å². The second-order valence-corrected chi connectivity index (χ2v) is 12.8. The molecule has 0 saturated carbocycles. The Morgan fingerprint density at radius 2 is 1.40 bits per heavy atom. The molecule has 1 heterocycles. The van der Waals surface area contributed by atoms with Gasteiger partial charge in [-0.15, -0.1) is 0 Å². The number of nitrogens with one attached hydrogen (secondary N) is 7. The Balaban J connectivity index is 2.46. The molecule has 0 spiro atoms. The fourth-order valence-corrected chi connectivity index (χ4v) is 4.88. The highest BCUT2D eigenvalue weighted by molar-refractivity contribution is 5.98. The number of aliphatic carboxylic acids is 1. The lowest BCUT2D eigenvalue weighted by molar-refractivity contribution is -0.141. The smallest absolute Gasteiger partial charge is 0.305 e. The number of phenols is 1. The van der Waals surface area contributed by atoms with Crippen LogP contribution in [0.2, 0.25) is 0 Å². The fourth-order valence-electron chi connectivity index (χ4n) is 4.88. The number of carbonyl (C=O) groups is 6. The Kier molecular flexibility index (Phi) is 14.9. The van der Waals surface area contributed by atoms with Crippen LogP contribution in [0.1, 0.15) is 71.3 Å². The summed E-state index contributed by atoms with van der Waals surface area (Å²) in [6.07, 6.45) is 1.89. The third kappa shape index (κ3) is 14.8. The molecule has 16 nitrogen and oxygen atoms in total. The van der Waals surface area contributed by atoms with Gasteiger partial charge in [0.1, 0.15) is 29.9 Å². The maximum Gasteiger partial charge on any atom is 0.305 e. The lowest BCUT2D eigenvalue weighted by Crippen LogP contribution is -2.58. The number of aromatic hydroxyl groups is 1. The summed E-state index contributed by atoms with van der Waals surface area (Å²) >= 11 is 0. The largest absolute Gasteiger partial charge is 0.508 e. The molecule has 0 bridgehead atoms. The molecule has 4 atom stereocenters. The molecule has 0 aromatic heterocycles. The highest BCUT2D eigenvalue weighted by Gasteiger charge is 2.33. The maximum absolute atomic E-state index is 13.8. The quantitative estimate of drug-likeness (QED) is 0.0769. The molecule has 0 unspecified atom stereocenters. The van der Waals surface area contributed by atoms with Crippen LogP contribution in [0.15, 0.2) is 24.3 Å². The molecule has 1 aromatic rings. The number of rotatable bonds is 12. The molecule has 5 amide bonds. The number of carboxylic acids is 1. The summed E-state index contributed by atoms with van der Waals surface area (Å²) in [7, 11) is 0. The number of hydrogen-bond acceptors (Lipinski definition) is 8. The van der Waals surface area contributed by atoms with Crippen molar-refractivity contribution < 1.29 is 39.0 Å². The van der Waals surface area contributed by atoms with E-state index in [1.807, 2.05) is 0 Å². The summed E-state index contributed by atoms with van der Waals surface area (Å²) in [6.45, 7) is 5.87. The molecule has 0 aliphatic carbocycles. The van der Waals surface area contributed by atoms with Crippen molar-refractivity contribution in [2.24, 2.45) is 11.1 Å². The van der Waals surface area contributed by atoms with Gasteiger partial charge in [-0.05, 0) is 48.8 Å². The van der Waals surface area contributed by atoms with Crippen LogP contribution in [0, 0.1) is 10.8 Å². The van der Waals surface area contributed by atoms with Gasteiger partial charge in [-0.25, -0.2) is 0 Å².